The number of nitrogens with two attached hydrogens (primary N) is 1. The second-order valence-electron chi connectivity index (χ2n) is 8.71. The van der Waals surface area contributed by atoms with Gasteiger partial charge in [0, 0.05) is 49.8 Å². The van der Waals surface area contributed by atoms with E-state index in [9.17, 15) is 14.0 Å². The highest BCUT2D eigenvalue weighted by Crippen LogP contribution is 2.25. The number of anilines is 3. The molecule has 7 nitrogen and oxygen atoms in total. The van der Waals surface area contributed by atoms with E-state index in [0.29, 0.717) is 37.4 Å². The number of urea groups is 1. The Morgan fingerprint density at radius 3 is 2.54 bits per heavy atom. The smallest absolute Gasteiger partial charge is 0.321 e. The normalized spacial score (nSPS) is 13.8. The van der Waals surface area contributed by atoms with Gasteiger partial charge in [0.1, 0.15) is 5.82 Å². The first-order chi connectivity index (χ1) is 16.9. The molecule has 0 aliphatic carbocycles. The van der Waals surface area contributed by atoms with Crippen molar-refractivity contribution in [3.8, 4) is 0 Å². The zero-order valence-electron chi connectivity index (χ0n) is 19.8. The molecule has 0 saturated carbocycles. The Hall–Kier alpha value is -4.07. The van der Waals surface area contributed by atoms with Crippen molar-refractivity contribution < 1.29 is 14.0 Å². The predicted octanol–water partition coefficient (Wildman–Crippen LogP) is 4.39. The predicted molar refractivity (Wildman–Crippen MR) is 137 cm³/mol. The molecular weight excluding hydrogens is 445 g/mol. The SMILES string of the molecule is Cc1cccc(NC(=O)N2CCCN(c3ccc(N)cc3C(=O)NCc3ccc(F)cc3)CC2)c1. The Labute approximate surface area is 204 Å². The second-order valence-corrected chi connectivity index (χ2v) is 8.71. The summed E-state index contributed by atoms with van der Waals surface area (Å²) >= 11 is 0. The number of aryl methyl sites for hydroxylation is 1. The summed E-state index contributed by atoms with van der Waals surface area (Å²) in [4.78, 5) is 29.8. The van der Waals surface area contributed by atoms with Gasteiger partial charge in [0.05, 0.1) is 5.56 Å². The van der Waals surface area contributed by atoms with Crippen molar-refractivity contribution in [3.05, 3.63) is 89.2 Å². The lowest BCUT2D eigenvalue weighted by Gasteiger charge is -2.26. The highest BCUT2D eigenvalue weighted by molar-refractivity contribution is 6.00. The first kappa shape index (κ1) is 24.1. The first-order valence-electron chi connectivity index (χ1n) is 11.7. The van der Waals surface area contributed by atoms with Gasteiger partial charge in [0.15, 0.2) is 0 Å². The zero-order chi connectivity index (χ0) is 24.8. The maximum Gasteiger partial charge on any atom is 0.321 e. The summed E-state index contributed by atoms with van der Waals surface area (Å²) in [5.41, 5.74) is 10.4. The van der Waals surface area contributed by atoms with Gasteiger partial charge in [-0.05, 0) is 66.9 Å². The maximum absolute atomic E-state index is 13.2. The Morgan fingerprint density at radius 1 is 0.971 bits per heavy atom. The van der Waals surface area contributed by atoms with Crippen molar-refractivity contribution in [2.75, 3.05) is 42.1 Å². The quantitative estimate of drug-likeness (QED) is 0.478. The van der Waals surface area contributed by atoms with Crippen molar-refractivity contribution in [2.45, 2.75) is 19.9 Å². The van der Waals surface area contributed by atoms with Gasteiger partial charge < -0.3 is 26.2 Å². The van der Waals surface area contributed by atoms with Crippen molar-refractivity contribution in [1.82, 2.24) is 10.2 Å². The third kappa shape index (κ3) is 6.29. The van der Waals surface area contributed by atoms with E-state index in [-0.39, 0.29) is 24.3 Å². The van der Waals surface area contributed by atoms with E-state index >= 15 is 0 Å². The van der Waals surface area contributed by atoms with Crippen molar-refractivity contribution in [1.29, 1.82) is 0 Å². The molecule has 4 N–H and O–H groups in total. The lowest BCUT2D eigenvalue weighted by atomic mass is 10.1. The number of hydrogen-bond acceptors (Lipinski definition) is 4. The first-order valence-corrected chi connectivity index (χ1v) is 11.7. The van der Waals surface area contributed by atoms with E-state index in [1.165, 1.54) is 12.1 Å². The van der Waals surface area contributed by atoms with Crippen LogP contribution >= 0.6 is 0 Å². The maximum atomic E-state index is 13.2. The average Bonchev–Trinajstić information content (AvgIpc) is 3.10. The molecule has 4 rings (SSSR count). The lowest BCUT2D eigenvalue weighted by molar-refractivity contribution is 0.0951. The second kappa shape index (κ2) is 10.9. The van der Waals surface area contributed by atoms with E-state index in [1.54, 1.807) is 29.2 Å². The van der Waals surface area contributed by atoms with E-state index in [4.69, 9.17) is 5.73 Å². The molecule has 0 aromatic heterocycles. The van der Waals surface area contributed by atoms with Gasteiger partial charge in [0.2, 0.25) is 0 Å². The highest BCUT2D eigenvalue weighted by atomic mass is 19.1. The van der Waals surface area contributed by atoms with Crippen LogP contribution in [0, 0.1) is 12.7 Å². The molecule has 35 heavy (non-hydrogen) atoms. The molecule has 3 amide bonds. The van der Waals surface area contributed by atoms with E-state index in [0.717, 1.165) is 28.9 Å². The third-order valence-electron chi connectivity index (χ3n) is 6.02. The van der Waals surface area contributed by atoms with Gasteiger partial charge >= 0.3 is 6.03 Å². The van der Waals surface area contributed by atoms with Gasteiger partial charge in [-0.1, -0.05) is 24.3 Å². The van der Waals surface area contributed by atoms with Crippen molar-refractivity contribution in [3.63, 3.8) is 0 Å². The molecule has 8 heteroatoms. The number of nitrogens with one attached hydrogen (secondary N) is 2. The number of hydrogen-bond donors (Lipinski definition) is 3. The van der Waals surface area contributed by atoms with Crippen LogP contribution < -0.4 is 21.3 Å². The van der Waals surface area contributed by atoms with Crippen LogP contribution in [0.1, 0.15) is 27.9 Å². The van der Waals surface area contributed by atoms with Gasteiger partial charge in [-0.3, -0.25) is 4.79 Å². The van der Waals surface area contributed by atoms with Crippen LogP contribution in [-0.2, 0) is 6.54 Å². The Kier molecular flexibility index (Phi) is 7.50. The lowest BCUT2D eigenvalue weighted by Crippen LogP contribution is -2.38. The third-order valence-corrected chi connectivity index (χ3v) is 6.02. The van der Waals surface area contributed by atoms with E-state index in [2.05, 4.69) is 15.5 Å². The Morgan fingerprint density at radius 2 is 1.77 bits per heavy atom. The summed E-state index contributed by atoms with van der Waals surface area (Å²) in [7, 11) is 0. The molecule has 1 aliphatic heterocycles. The number of rotatable bonds is 5. The van der Waals surface area contributed by atoms with Crippen LogP contribution in [0.4, 0.5) is 26.2 Å². The molecule has 0 radical (unpaired) electrons. The minimum atomic E-state index is -0.319. The standard InChI is InChI=1S/C27H30FN5O2/c1-19-4-2-5-23(16-19)31-27(35)33-13-3-12-32(14-15-33)25-11-10-22(29)17-24(25)26(34)30-18-20-6-8-21(28)9-7-20/h2,4-11,16-17H,3,12-15,18,29H2,1H3,(H,30,34)(H,31,35). The van der Waals surface area contributed by atoms with Crippen LogP contribution in [0.25, 0.3) is 0 Å². The zero-order valence-corrected chi connectivity index (χ0v) is 19.8. The Balaban J connectivity index is 1.42. The molecule has 182 valence electrons. The molecule has 0 unspecified atom stereocenters. The molecule has 1 heterocycles. The van der Waals surface area contributed by atoms with Crippen LogP contribution in [-0.4, -0.2) is 43.0 Å². The molecule has 3 aromatic rings. The van der Waals surface area contributed by atoms with Gasteiger partial charge in [-0.2, -0.15) is 0 Å². The largest absolute Gasteiger partial charge is 0.399 e. The van der Waals surface area contributed by atoms with Crippen LogP contribution in [0.3, 0.4) is 0 Å². The summed E-state index contributed by atoms with van der Waals surface area (Å²) < 4.78 is 13.2. The number of nitrogen functional groups attached to an aromatic ring is 1. The van der Waals surface area contributed by atoms with Gasteiger partial charge in [-0.15, -0.1) is 0 Å². The Bertz CT molecular complexity index is 1200. The number of halogens is 1. The molecule has 1 aliphatic rings. The summed E-state index contributed by atoms with van der Waals surface area (Å²) in [6.45, 7) is 4.70. The summed E-state index contributed by atoms with van der Waals surface area (Å²) in [6, 6.07) is 18.9. The molecule has 0 atom stereocenters. The number of carbonyl (C=O) groups excluding carboxylic acids is 2. The number of carbonyl (C=O) groups is 2. The summed E-state index contributed by atoms with van der Waals surface area (Å²) in [5, 5.41) is 5.87. The van der Waals surface area contributed by atoms with Crippen LogP contribution in [0.15, 0.2) is 66.7 Å². The van der Waals surface area contributed by atoms with Crippen LogP contribution in [0.2, 0.25) is 0 Å². The minimum absolute atomic E-state index is 0.132. The topological polar surface area (TPSA) is 90.7 Å². The number of benzene rings is 3. The van der Waals surface area contributed by atoms with Gasteiger partial charge in [-0.25, -0.2) is 9.18 Å². The summed E-state index contributed by atoms with van der Waals surface area (Å²) in [6.07, 6.45) is 0.766. The fourth-order valence-electron chi connectivity index (χ4n) is 4.18. The van der Waals surface area contributed by atoms with Crippen molar-refractivity contribution in [2.24, 2.45) is 0 Å². The summed E-state index contributed by atoms with van der Waals surface area (Å²) in [5.74, 6) is -0.573. The molecule has 1 saturated heterocycles. The van der Waals surface area contributed by atoms with E-state index < -0.39 is 0 Å². The molecular formula is C27H30FN5O2. The minimum Gasteiger partial charge on any atom is -0.399 e. The fraction of sp³-hybridized carbons (Fsp3) is 0.259. The average molecular weight is 476 g/mol. The molecule has 1 fully saturated rings. The molecule has 0 bridgehead atoms. The van der Waals surface area contributed by atoms with Crippen LogP contribution in [0.5, 0.6) is 0 Å². The van der Waals surface area contributed by atoms with E-state index in [1.807, 2.05) is 37.3 Å². The number of nitrogens with zero attached hydrogens (tertiary/aromatic N) is 2. The molecule has 3 aromatic carbocycles. The monoisotopic (exact) mass is 475 g/mol. The highest BCUT2D eigenvalue weighted by Gasteiger charge is 2.23. The molecule has 0 spiro atoms. The van der Waals surface area contributed by atoms with Gasteiger partial charge in [0.25, 0.3) is 5.91 Å². The number of amides is 3. The van der Waals surface area contributed by atoms with Crippen molar-refractivity contribution >= 4 is 29.0 Å². The fourth-order valence-corrected chi connectivity index (χ4v) is 4.18.